The van der Waals surface area contributed by atoms with Gasteiger partial charge in [0.15, 0.2) is 0 Å². The van der Waals surface area contributed by atoms with Crippen LogP contribution >= 0.6 is 23.2 Å². The van der Waals surface area contributed by atoms with E-state index in [1.807, 2.05) is 0 Å². The van der Waals surface area contributed by atoms with Gasteiger partial charge in [0.25, 0.3) is 5.91 Å². The van der Waals surface area contributed by atoms with E-state index in [1.54, 1.807) is 42.5 Å². The average molecular weight is 384 g/mol. The Bertz CT molecular complexity index is 999. The first-order valence-corrected chi connectivity index (χ1v) is 8.17. The van der Waals surface area contributed by atoms with Gasteiger partial charge >= 0.3 is 0 Å². The van der Waals surface area contributed by atoms with Crippen LogP contribution in [0.3, 0.4) is 0 Å². The summed E-state index contributed by atoms with van der Waals surface area (Å²) in [5.41, 5.74) is 1.70. The molecule has 2 aromatic carbocycles. The van der Waals surface area contributed by atoms with Crippen LogP contribution < -0.4 is 10.6 Å². The van der Waals surface area contributed by atoms with E-state index in [0.717, 1.165) is 0 Å². The molecule has 1 amide bonds. The van der Waals surface area contributed by atoms with Gasteiger partial charge in [-0.25, -0.2) is 9.97 Å². The van der Waals surface area contributed by atoms with Gasteiger partial charge in [0.2, 0.25) is 5.95 Å². The first-order chi connectivity index (χ1) is 12.6. The van der Waals surface area contributed by atoms with E-state index in [4.69, 9.17) is 28.5 Å². The topological polar surface area (TPSA) is 90.7 Å². The second-order valence-electron chi connectivity index (χ2n) is 5.16. The average Bonchev–Trinajstić information content (AvgIpc) is 2.65. The molecule has 3 aromatic rings. The van der Waals surface area contributed by atoms with Crippen molar-refractivity contribution >= 4 is 46.4 Å². The van der Waals surface area contributed by atoms with E-state index in [1.165, 1.54) is 12.4 Å². The molecule has 3 rings (SSSR count). The lowest BCUT2D eigenvalue weighted by Gasteiger charge is -2.09. The number of carbonyl (C=O) groups excluding carboxylic acids is 1. The lowest BCUT2D eigenvalue weighted by Crippen LogP contribution is -2.13. The molecule has 0 aliphatic rings. The predicted molar refractivity (Wildman–Crippen MR) is 101 cm³/mol. The van der Waals surface area contributed by atoms with Crippen molar-refractivity contribution in [3.05, 3.63) is 76.0 Å². The molecule has 0 spiro atoms. The largest absolute Gasteiger partial charge is 0.323 e. The van der Waals surface area contributed by atoms with Crippen LogP contribution in [-0.2, 0) is 0 Å². The van der Waals surface area contributed by atoms with Crippen LogP contribution in [0.2, 0.25) is 10.0 Å². The zero-order chi connectivity index (χ0) is 18.5. The number of nitriles is 1. The third-order valence-electron chi connectivity index (χ3n) is 3.38. The molecule has 0 aliphatic carbocycles. The zero-order valence-corrected chi connectivity index (χ0v) is 14.7. The van der Waals surface area contributed by atoms with Crippen molar-refractivity contribution in [2.75, 3.05) is 10.6 Å². The van der Waals surface area contributed by atoms with Gasteiger partial charge in [-0.2, -0.15) is 5.26 Å². The van der Waals surface area contributed by atoms with E-state index in [2.05, 4.69) is 26.7 Å². The minimum absolute atomic E-state index is 0.250. The number of halogens is 2. The molecule has 0 aliphatic heterocycles. The van der Waals surface area contributed by atoms with E-state index in [-0.39, 0.29) is 11.5 Å². The highest BCUT2D eigenvalue weighted by atomic mass is 35.5. The molecule has 0 saturated carbocycles. The van der Waals surface area contributed by atoms with Crippen molar-refractivity contribution in [1.29, 1.82) is 5.26 Å². The van der Waals surface area contributed by atoms with Gasteiger partial charge in [-0.15, -0.1) is 0 Å². The molecule has 8 heteroatoms. The monoisotopic (exact) mass is 383 g/mol. The van der Waals surface area contributed by atoms with Gasteiger partial charge in [0, 0.05) is 17.4 Å². The highest BCUT2D eigenvalue weighted by Crippen LogP contribution is 2.26. The van der Waals surface area contributed by atoms with Gasteiger partial charge in [-0.05, 0) is 30.3 Å². The maximum Gasteiger partial charge on any atom is 0.258 e. The number of para-hydroxylation sites is 1. The molecular formula is C18H11Cl2N5O. The molecule has 26 heavy (non-hydrogen) atoms. The van der Waals surface area contributed by atoms with E-state index >= 15 is 0 Å². The summed E-state index contributed by atoms with van der Waals surface area (Å²) in [5, 5.41) is 15.5. The molecule has 0 atom stereocenters. The van der Waals surface area contributed by atoms with Gasteiger partial charge in [-0.3, -0.25) is 4.79 Å². The Balaban J connectivity index is 1.74. The first-order valence-electron chi connectivity index (χ1n) is 7.41. The number of anilines is 3. The van der Waals surface area contributed by atoms with Gasteiger partial charge in [0.1, 0.15) is 6.07 Å². The number of benzene rings is 2. The second kappa shape index (κ2) is 7.83. The molecular weight excluding hydrogens is 373 g/mol. The van der Waals surface area contributed by atoms with Crippen LogP contribution in [0.5, 0.6) is 0 Å². The van der Waals surface area contributed by atoms with Crippen molar-refractivity contribution in [2.24, 2.45) is 0 Å². The number of nitrogens with zero attached hydrogens (tertiary/aromatic N) is 3. The van der Waals surface area contributed by atoms with E-state index in [0.29, 0.717) is 27.0 Å². The molecule has 1 aromatic heterocycles. The summed E-state index contributed by atoms with van der Waals surface area (Å²) in [4.78, 5) is 20.5. The number of hydrogen-bond acceptors (Lipinski definition) is 5. The summed E-state index contributed by atoms with van der Waals surface area (Å²) >= 11 is 11.9. The van der Waals surface area contributed by atoms with Crippen LogP contribution in [0.15, 0.2) is 54.9 Å². The van der Waals surface area contributed by atoms with Crippen molar-refractivity contribution in [3.63, 3.8) is 0 Å². The minimum atomic E-state index is -0.418. The van der Waals surface area contributed by atoms with Gasteiger partial charge in [-0.1, -0.05) is 35.3 Å². The van der Waals surface area contributed by atoms with Crippen LogP contribution in [0.25, 0.3) is 0 Å². The standard InChI is InChI=1S/C18H11Cl2N5O/c19-13-5-6-14(20)16(7-13)24-17(26)12-9-22-18(23-10-12)25-15-4-2-1-3-11(15)8-21/h1-7,9-10H,(H,24,26)(H,22,23,25). The Morgan fingerprint density at radius 2 is 1.77 bits per heavy atom. The maximum absolute atomic E-state index is 12.3. The first kappa shape index (κ1) is 17.7. The third kappa shape index (κ3) is 4.09. The molecule has 1 heterocycles. The summed E-state index contributed by atoms with van der Waals surface area (Å²) in [5.74, 6) is -0.150. The van der Waals surface area contributed by atoms with Crippen molar-refractivity contribution in [3.8, 4) is 6.07 Å². The predicted octanol–water partition coefficient (Wildman–Crippen LogP) is 4.65. The van der Waals surface area contributed by atoms with Crippen LogP contribution in [0, 0.1) is 11.3 Å². The Morgan fingerprint density at radius 1 is 1.04 bits per heavy atom. The highest BCUT2D eigenvalue weighted by molar-refractivity contribution is 6.35. The molecule has 0 radical (unpaired) electrons. The zero-order valence-electron chi connectivity index (χ0n) is 13.2. The number of nitrogens with one attached hydrogen (secondary N) is 2. The number of hydrogen-bond donors (Lipinski definition) is 2. The summed E-state index contributed by atoms with van der Waals surface area (Å²) in [6, 6.07) is 13.8. The Kier molecular flexibility index (Phi) is 5.32. The summed E-state index contributed by atoms with van der Waals surface area (Å²) < 4.78 is 0. The smallest absolute Gasteiger partial charge is 0.258 e. The Hall–Kier alpha value is -3.14. The van der Waals surface area contributed by atoms with Crippen LogP contribution in [-0.4, -0.2) is 15.9 Å². The molecule has 128 valence electrons. The van der Waals surface area contributed by atoms with Crippen LogP contribution in [0.1, 0.15) is 15.9 Å². The van der Waals surface area contributed by atoms with E-state index in [9.17, 15) is 4.79 Å². The lowest BCUT2D eigenvalue weighted by molar-refractivity contribution is 0.102. The number of rotatable bonds is 4. The second-order valence-corrected chi connectivity index (χ2v) is 6.00. The minimum Gasteiger partial charge on any atom is -0.323 e. The number of carbonyl (C=O) groups is 1. The van der Waals surface area contributed by atoms with Crippen molar-refractivity contribution in [2.45, 2.75) is 0 Å². The van der Waals surface area contributed by atoms with E-state index < -0.39 is 5.91 Å². The fourth-order valence-electron chi connectivity index (χ4n) is 2.11. The highest BCUT2D eigenvalue weighted by Gasteiger charge is 2.11. The van der Waals surface area contributed by atoms with Gasteiger partial charge < -0.3 is 10.6 Å². The third-order valence-corrected chi connectivity index (χ3v) is 3.95. The quantitative estimate of drug-likeness (QED) is 0.683. The fraction of sp³-hybridized carbons (Fsp3) is 0. The normalized spacial score (nSPS) is 10.0. The SMILES string of the molecule is N#Cc1ccccc1Nc1ncc(C(=O)Nc2cc(Cl)ccc2Cl)cn1. The molecule has 2 N–H and O–H groups in total. The van der Waals surface area contributed by atoms with Crippen molar-refractivity contribution in [1.82, 2.24) is 9.97 Å². The lowest BCUT2D eigenvalue weighted by atomic mass is 10.2. The Morgan fingerprint density at radius 3 is 2.50 bits per heavy atom. The molecule has 6 nitrogen and oxygen atoms in total. The number of aromatic nitrogens is 2. The van der Waals surface area contributed by atoms with Crippen LogP contribution in [0.4, 0.5) is 17.3 Å². The van der Waals surface area contributed by atoms with Crippen molar-refractivity contribution < 1.29 is 4.79 Å². The van der Waals surface area contributed by atoms with Gasteiger partial charge in [0.05, 0.1) is 27.5 Å². The maximum atomic E-state index is 12.3. The molecule has 0 bridgehead atoms. The summed E-state index contributed by atoms with van der Waals surface area (Å²) in [6.07, 6.45) is 2.75. The fourth-order valence-corrected chi connectivity index (χ4v) is 2.44. The molecule has 0 fully saturated rings. The number of amides is 1. The summed E-state index contributed by atoms with van der Waals surface area (Å²) in [7, 11) is 0. The molecule has 0 unspecified atom stereocenters. The summed E-state index contributed by atoms with van der Waals surface area (Å²) in [6.45, 7) is 0. The Labute approximate surface area is 159 Å². The molecule has 0 saturated heterocycles.